The van der Waals surface area contributed by atoms with Crippen LogP contribution in [0.25, 0.3) is 0 Å². The second kappa shape index (κ2) is 7.56. The van der Waals surface area contributed by atoms with Gasteiger partial charge >= 0.3 is 0 Å². The summed E-state index contributed by atoms with van der Waals surface area (Å²) in [6.07, 6.45) is 0. The number of nitrogens with zero attached hydrogens (tertiary/aromatic N) is 2. The number of phenolic OH excluding ortho intramolecular Hbond substituents is 1. The summed E-state index contributed by atoms with van der Waals surface area (Å²) in [5.41, 5.74) is 1.38. The molecular weight excluding hydrogens is 310 g/mol. The summed E-state index contributed by atoms with van der Waals surface area (Å²) in [6.45, 7) is 2.09. The van der Waals surface area contributed by atoms with E-state index < -0.39 is 4.92 Å². The van der Waals surface area contributed by atoms with E-state index in [9.17, 15) is 20.0 Å². The van der Waals surface area contributed by atoms with Crippen molar-refractivity contribution in [2.24, 2.45) is 0 Å². The van der Waals surface area contributed by atoms with E-state index in [-0.39, 0.29) is 29.9 Å². The summed E-state index contributed by atoms with van der Waals surface area (Å²) in [5.74, 6) is -0.0403. The normalized spacial score (nSPS) is 12.0. The molecule has 7 heteroatoms. The van der Waals surface area contributed by atoms with Crippen LogP contribution in [0.1, 0.15) is 18.5 Å². The van der Waals surface area contributed by atoms with E-state index >= 15 is 0 Å². The summed E-state index contributed by atoms with van der Waals surface area (Å²) in [5, 5.41) is 22.8. The fraction of sp³-hybridized carbons (Fsp3) is 0.235. The van der Waals surface area contributed by atoms with Gasteiger partial charge in [0.15, 0.2) is 0 Å². The Bertz CT molecular complexity index is 731. The van der Waals surface area contributed by atoms with Crippen molar-refractivity contribution in [2.45, 2.75) is 13.0 Å². The minimum Gasteiger partial charge on any atom is -0.508 e. The van der Waals surface area contributed by atoms with Crippen molar-refractivity contribution in [3.63, 3.8) is 0 Å². The zero-order valence-corrected chi connectivity index (χ0v) is 13.5. The molecule has 0 bridgehead atoms. The van der Waals surface area contributed by atoms with Gasteiger partial charge in [-0.15, -0.1) is 0 Å². The third-order valence-electron chi connectivity index (χ3n) is 3.77. The average molecular weight is 329 g/mol. The summed E-state index contributed by atoms with van der Waals surface area (Å²) < 4.78 is 0. The van der Waals surface area contributed by atoms with Crippen LogP contribution in [0.2, 0.25) is 0 Å². The molecule has 2 rings (SSSR count). The first-order valence-electron chi connectivity index (χ1n) is 7.40. The minimum atomic E-state index is -0.490. The molecule has 126 valence electrons. The molecule has 2 N–H and O–H groups in total. The van der Waals surface area contributed by atoms with Gasteiger partial charge in [0.1, 0.15) is 5.75 Å². The number of hydrogen-bond donors (Lipinski definition) is 2. The lowest BCUT2D eigenvalue weighted by molar-refractivity contribution is -0.384. The van der Waals surface area contributed by atoms with Crippen molar-refractivity contribution in [3.05, 3.63) is 64.2 Å². The van der Waals surface area contributed by atoms with E-state index in [1.165, 1.54) is 24.3 Å². The lowest BCUT2D eigenvalue weighted by Crippen LogP contribution is -2.32. The van der Waals surface area contributed by atoms with Crippen LogP contribution in [0, 0.1) is 10.1 Å². The average Bonchev–Trinajstić information content (AvgIpc) is 2.54. The van der Waals surface area contributed by atoms with Crippen LogP contribution in [0.3, 0.4) is 0 Å². The fourth-order valence-electron chi connectivity index (χ4n) is 2.27. The fourth-order valence-corrected chi connectivity index (χ4v) is 2.27. The number of amides is 1. The van der Waals surface area contributed by atoms with Crippen LogP contribution in [-0.2, 0) is 4.79 Å². The lowest BCUT2D eigenvalue weighted by atomic mass is 10.1. The maximum absolute atomic E-state index is 12.1. The maximum atomic E-state index is 12.1. The molecule has 0 saturated heterocycles. The molecule has 0 aliphatic heterocycles. The van der Waals surface area contributed by atoms with Crippen molar-refractivity contribution in [1.82, 2.24) is 4.90 Å². The molecular formula is C17H19N3O4. The Balaban J connectivity index is 1.94. The molecule has 0 aromatic heterocycles. The highest BCUT2D eigenvalue weighted by atomic mass is 16.6. The first-order valence-corrected chi connectivity index (χ1v) is 7.40. The number of hydrogen-bond acceptors (Lipinski definition) is 5. The second-order valence-corrected chi connectivity index (χ2v) is 5.54. The third kappa shape index (κ3) is 4.53. The molecule has 0 unspecified atom stereocenters. The Kier molecular flexibility index (Phi) is 5.49. The van der Waals surface area contributed by atoms with Crippen LogP contribution in [-0.4, -0.2) is 34.4 Å². The zero-order chi connectivity index (χ0) is 17.7. The third-order valence-corrected chi connectivity index (χ3v) is 3.77. The maximum Gasteiger partial charge on any atom is 0.269 e. The number of nitro groups is 1. The highest BCUT2D eigenvalue weighted by molar-refractivity contribution is 5.92. The molecule has 0 aliphatic carbocycles. The Hall–Kier alpha value is -2.93. The number of nitro benzene ring substituents is 1. The molecule has 1 amide bonds. The van der Waals surface area contributed by atoms with Gasteiger partial charge in [0.25, 0.3) is 5.69 Å². The Labute approximate surface area is 139 Å². The summed E-state index contributed by atoms with van der Waals surface area (Å²) in [6, 6.07) is 12.5. The van der Waals surface area contributed by atoms with Gasteiger partial charge in [0.2, 0.25) is 5.91 Å². The van der Waals surface area contributed by atoms with Gasteiger partial charge in [-0.05, 0) is 43.8 Å². The molecule has 0 radical (unpaired) electrons. The van der Waals surface area contributed by atoms with E-state index in [0.29, 0.717) is 5.69 Å². The molecule has 0 saturated carbocycles. The Morgan fingerprint density at radius 3 is 2.54 bits per heavy atom. The largest absolute Gasteiger partial charge is 0.508 e. The van der Waals surface area contributed by atoms with Crippen LogP contribution in [0.5, 0.6) is 5.75 Å². The van der Waals surface area contributed by atoms with Crippen molar-refractivity contribution in [3.8, 4) is 5.75 Å². The van der Waals surface area contributed by atoms with Gasteiger partial charge in [-0.25, -0.2) is 0 Å². The molecule has 7 nitrogen and oxygen atoms in total. The number of rotatable bonds is 6. The summed E-state index contributed by atoms with van der Waals surface area (Å²) in [7, 11) is 1.81. The van der Waals surface area contributed by atoms with Crippen LogP contribution < -0.4 is 5.32 Å². The zero-order valence-electron chi connectivity index (χ0n) is 13.5. The van der Waals surface area contributed by atoms with E-state index in [4.69, 9.17) is 0 Å². The molecule has 1 atom stereocenters. The van der Waals surface area contributed by atoms with Crippen molar-refractivity contribution in [1.29, 1.82) is 0 Å². The number of non-ortho nitro benzene ring substituents is 1. The predicted octanol–water partition coefficient (Wildman–Crippen LogP) is 2.93. The monoisotopic (exact) mass is 329 g/mol. The number of carbonyl (C=O) groups is 1. The number of aromatic hydroxyl groups is 1. The molecule has 0 heterocycles. The minimum absolute atomic E-state index is 0.0253. The Morgan fingerprint density at radius 2 is 1.96 bits per heavy atom. The van der Waals surface area contributed by atoms with Gasteiger partial charge in [0.05, 0.1) is 11.5 Å². The quantitative estimate of drug-likeness (QED) is 0.627. The van der Waals surface area contributed by atoms with E-state index in [0.717, 1.165) is 5.56 Å². The molecule has 2 aromatic carbocycles. The predicted molar refractivity (Wildman–Crippen MR) is 90.9 cm³/mol. The second-order valence-electron chi connectivity index (χ2n) is 5.54. The van der Waals surface area contributed by atoms with Gasteiger partial charge in [-0.3, -0.25) is 19.8 Å². The number of anilines is 1. The smallest absolute Gasteiger partial charge is 0.269 e. The van der Waals surface area contributed by atoms with Gasteiger partial charge in [-0.2, -0.15) is 0 Å². The number of benzene rings is 2. The standard InChI is InChI=1S/C17H19N3O4/c1-12(13-4-3-5-16(21)10-13)19(2)11-17(22)18-14-6-8-15(9-7-14)20(23)24/h3-10,12,21H,11H2,1-2H3,(H,18,22)/t12-/m0/s1. The van der Waals surface area contributed by atoms with Gasteiger partial charge in [-0.1, -0.05) is 12.1 Å². The van der Waals surface area contributed by atoms with Crippen LogP contribution in [0.15, 0.2) is 48.5 Å². The topological polar surface area (TPSA) is 95.7 Å². The van der Waals surface area contributed by atoms with Gasteiger partial charge in [0, 0.05) is 23.9 Å². The molecule has 2 aromatic rings. The van der Waals surface area contributed by atoms with Crippen LogP contribution >= 0.6 is 0 Å². The molecule has 24 heavy (non-hydrogen) atoms. The number of likely N-dealkylation sites (N-methyl/N-ethyl adjacent to an activating group) is 1. The number of carbonyl (C=O) groups excluding carboxylic acids is 1. The molecule has 0 aliphatic rings. The van der Waals surface area contributed by atoms with E-state index in [1.807, 2.05) is 24.9 Å². The highest BCUT2D eigenvalue weighted by Crippen LogP contribution is 2.22. The van der Waals surface area contributed by atoms with Crippen molar-refractivity contribution in [2.75, 3.05) is 18.9 Å². The summed E-state index contributed by atoms with van der Waals surface area (Å²) in [4.78, 5) is 24.1. The Morgan fingerprint density at radius 1 is 1.29 bits per heavy atom. The molecule has 0 spiro atoms. The SMILES string of the molecule is C[C@@H](c1cccc(O)c1)N(C)CC(=O)Nc1ccc([N+](=O)[O-])cc1. The number of nitrogens with one attached hydrogen (secondary N) is 1. The first-order chi connectivity index (χ1) is 11.4. The van der Waals surface area contributed by atoms with Crippen molar-refractivity contribution < 1.29 is 14.8 Å². The first kappa shape index (κ1) is 17.4. The van der Waals surface area contributed by atoms with E-state index in [2.05, 4.69) is 5.32 Å². The summed E-state index contributed by atoms with van der Waals surface area (Å²) >= 11 is 0. The highest BCUT2D eigenvalue weighted by Gasteiger charge is 2.15. The number of phenols is 1. The lowest BCUT2D eigenvalue weighted by Gasteiger charge is -2.24. The van der Waals surface area contributed by atoms with E-state index in [1.54, 1.807) is 18.2 Å². The van der Waals surface area contributed by atoms with Gasteiger partial charge < -0.3 is 10.4 Å². The van der Waals surface area contributed by atoms with Crippen LogP contribution in [0.4, 0.5) is 11.4 Å². The molecule has 0 fully saturated rings. The van der Waals surface area contributed by atoms with Crippen molar-refractivity contribution >= 4 is 17.3 Å².